The SMILES string of the molecule is N#Cn1nc(C(N)=O)c2ccccc21. The molecule has 0 spiro atoms. The van der Waals surface area contributed by atoms with E-state index in [1.807, 2.05) is 6.19 Å². The highest BCUT2D eigenvalue weighted by Gasteiger charge is 2.13. The number of primary amides is 1. The zero-order valence-electron chi connectivity index (χ0n) is 7.14. The number of carbonyl (C=O) groups is 1. The van der Waals surface area contributed by atoms with E-state index < -0.39 is 5.91 Å². The first kappa shape index (κ1) is 8.26. The first-order valence-corrected chi connectivity index (χ1v) is 3.91. The second kappa shape index (κ2) is 2.85. The molecule has 0 bridgehead atoms. The van der Waals surface area contributed by atoms with Crippen LogP contribution in [0.4, 0.5) is 0 Å². The molecule has 1 amide bonds. The summed E-state index contributed by atoms with van der Waals surface area (Å²) < 4.78 is 1.08. The van der Waals surface area contributed by atoms with Gasteiger partial charge in [-0.1, -0.05) is 18.2 Å². The van der Waals surface area contributed by atoms with E-state index in [4.69, 9.17) is 11.0 Å². The van der Waals surface area contributed by atoms with Gasteiger partial charge in [0.1, 0.15) is 0 Å². The number of carbonyl (C=O) groups excluding carboxylic acids is 1. The highest BCUT2D eigenvalue weighted by atomic mass is 16.1. The first-order valence-electron chi connectivity index (χ1n) is 3.91. The molecule has 14 heavy (non-hydrogen) atoms. The average molecular weight is 186 g/mol. The molecule has 0 fully saturated rings. The van der Waals surface area contributed by atoms with Crippen molar-refractivity contribution in [3.05, 3.63) is 30.0 Å². The number of para-hydroxylation sites is 1. The lowest BCUT2D eigenvalue weighted by Gasteiger charge is -1.88. The summed E-state index contributed by atoms with van der Waals surface area (Å²) in [5, 5.41) is 13.1. The lowest BCUT2D eigenvalue weighted by molar-refractivity contribution is 0.0996. The van der Waals surface area contributed by atoms with Crippen LogP contribution in [0.5, 0.6) is 0 Å². The van der Waals surface area contributed by atoms with E-state index in [9.17, 15) is 4.79 Å². The number of hydrogen-bond acceptors (Lipinski definition) is 3. The van der Waals surface area contributed by atoms with Crippen LogP contribution in [0.2, 0.25) is 0 Å². The monoisotopic (exact) mass is 186 g/mol. The molecule has 2 aromatic rings. The van der Waals surface area contributed by atoms with Gasteiger partial charge in [0.05, 0.1) is 5.52 Å². The van der Waals surface area contributed by atoms with Crippen molar-refractivity contribution in [1.82, 2.24) is 9.78 Å². The smallest absolute Gasteiger partial charge is 0.269 e. The number of nitrogens with two attached hydrogens (primary N) is 1. The minimum atomic E-state index is -0.629. The summed E-state index contributed by atoms with van der Waals surface area (Å²) in [6.45, 7) is 0. The van der Waals surface area contributed by atoms with Crippen LogP contribution in [-0.2, 0) is 0 Å². The molecule has 5 nitrogen and oxygen atoms in total. The molecule has 0 aliphatic rings. The van der Waals surface area contributed by atoms with Gasteiger partial charge in [-0.3, -0.25) is 4.79 Å². The minimum Gasteiger partial charge on any atom is -0.364 e. The fraction of sp³-hybridized carbons (Fsp3) is 0. The number of nitriles is 1. The lowest BCUT2D eigenvalue weighted by Crippen LogP contribution is -2.12. The number of hydrogen-bond donors (Lipinski definition) is 1. The van der Waals surface area contributed by atoms with Crippen LogP contribution in [0.15, 0.2) is 24.3 Å². The Labute approximate surface area is 79.3 Å². The topological polar surface area (TPSA) is 84.7 Å². The highest BCUT2D eigenvalue weighted by Crippen LogP contribution is 2.16. The third-order valence-electron chi connectivity index (χ3n) is 1.92. The Morgan fingerprint density at radius 3 is 2.86 bits per heavy atom. The van der Waals surface area contributed by atoms with Crippen molar-refractivity contribution >= 4 is 16.8 Å². The van der Waals surface area contributed by atoms with Crippen molar-refractivity contribution in [2.45, 2.75) is 0 Å². The van der Waals surface area contributed by atoms with Gasteiger partial charge in [0.2, 0.25) is 6.19 Å². The molecule has 2 rings (SSSR count). The zero-order chi connectivity index (χ0) is 10.1. The Hall–Kier alpha value is -2.35. The van der Waals surface area contributed by atoms with E-state index >= 15 is 0 Å². The molecule has 0 atom stereocenters. The Bertz CT molecular complexity index is 549. The molecule has 0 saturated heterocycles. The highest BCUT2D eigenvalue weighted by molar-refractivity contribution is 6.04. The number of aromatic nitrogens is 2. The fourth-order valence-electron chi connectivity index (χ4n) is 1.32. The first-order chi connectivity index (χ1) is 6.74. The molecule has 1 aromatic heterocycles. The molecular weight excluding hydrogens is 180 g/mol. The molecule has 1 heterocycles. The summed E-state index contributed by atoms with van der Waals surface area (Å²) in [6.07, 6.45) is 1.84. The van der Waals surface area contributed by atoms with Gasteiger partial charge in [-0.15, -0.1) is 0 Å². The molecule has 68 valence electrons. The number of benzene rings is 1. The maximum atomic E-state index is 11.0. The second-order valence-corrected chi connectivity index (χ2v) is 2.74. The summed E-state index contributed by atoms with van der Waals surface area (Å²) in [4.78, 5) is 11.0. The van der Waals surface area contributed by atoms with Gasteiger partial charge < -0.3 is 5.73 Å². The van der Waals surface area contributed by atoms with Crippen LogP contribution in [0.3, 0.4) is 0 Å². The van der Waals surface area contributed by atoms with Gasteiger partial charge in [0, 0.05) is 5.39 Å². The van der Waals surface area contributed by atoms with Gasteiger partial charge in [0.15, 0.2) is 5.69 Å². The predicted octanol–water partition coefficient (Wildman–Crippen LogP) is 0.464. The van der Waals surface area contributed by atoms with E-state index in [2.05, 4.69) is 5.10 Å². The largest absolute Gasteiger partial charge is 0.364 e. The van der Waals surface area contributed by atoms with Crippen LogP contribution in [0, 0.1) is 11.5 Å². The number of rotatable bonds is 1. The molecule has 2 N–H and O–H groups in total. The Kier molecular flexibility index (Phi) is 1.68. The number of fused-ring (bicyclic) bond motifs is 1. The van der Waals surface area contributed by atoms with Crippen molar-refractivity contribution in [3.8, 4) is 6.19 Å². The fourth-order valence-corrected chi connectivity index (χ4v) is 1.32. The molecule has 0 aliphatic heterocycles. The average Bonchev–Trinajstić information content (AvgIpc) is 2.56. The van der Waals surface area contributed by atoms with E-state index in [0.717, 1.165) is 4.68 Å². The van der Waals surface area contributed by atoms with Crippen molar-refractivity contribution in [2.75, 3.05) is 0 Å². The Balaban J connectivity index is 2.88. The van der Waals surface area contributed by atoms with E-state index in [1.165, 1.54) is 0 Å². The van der Waals surface area contributed by atoms with Crippen molar-refractivity contribution < 1.29 is 4.79 Å². The maximum absolute atomic E-state index is 11.0. The molecule has 0 aliphatic carbocycles. The van der Waals surface area contributed by atoms with Gasteiger partial charge in [0.25, 0.3) is 5.91 Å². The molecule has 5 heteroatoms. The molecule has 0 radical (unpaired) electrons. The van der Waals surface area contributed by atoms with Crippen LogP contribution in [-0.4, -0.2) is 15.7 Å². The van der Waals surface area contributed by atoms with Crippen LogP contribution < -0.4 is 5.73 Å². The Morgan fingerprint density at radius 1 is 1.50 bits per heavy atom. The van der Waals surface area contributed by atoms with E-state index in [0.29, 0.717) is 10.9 Å². The van der Waals surface area contributed by atoms with Gasteiger partial charge in [-0.25, -0.2) is 0 Å². The Morgan fingerprint density at radius 2 is 2.21 bits per heavy atom. The molecule has 1 aromatic carbocycles. The van der Waals surface area contributed by atoms with E-state index in [1.54, 1.807) is 24.3 Å². The molecule has 0 saturated carbocycles. The maximum Gasteiger partial charge on any atom is 0.269 e. The minimum absolute atomic E-state index is 0.127. The van der Waals surface area contributed by atoms with Gasteiger partial charge in [-0.05, 0) is 6.07 Å². The standard InChI is InChI=1S/C9H6N4O/c10-5-13-7-4-2-1-3-6(7)8(12-13)9(11)14/h1-4H,(H2,11,14). The number of amides is 1. The van der Waals surface area contributed by atoms with Crippen molar-refractivity contribution in [2.24, 2.45) is 5.73 Å². The number of nitrogens with zero attached hydrogens (tertiary/aromatic N) is 3. The normalized spacial score (nSPS) is 9.93. The third kappa shape index (κ3) is 1.02. The molecule has 0 unspecified atom stereocenters. The van der Waals surface area contributed by atoms with E-state index in [-0.39, 0.29) is 5.69 Å². The molecular formula is C9H6N4O. The zero-order valence-corrected chi connectivity index (χ0v) is 7.14. The predicted molar refractivity (Wildman–Crippen MR) is 49.3 cm³/mol. The van der Waals surface area contributed by atoms with Gasteiger partial charge >= 0.3 is 0 Å². The summed E-state index contributed by atoms with van der Waals surface area (Å²) in [5.74, 6) is -0.629. The summed E-state index contributed by atoms with van der Waals surface area (Å²) in [7, 11) is 0. The van der Waals surface area contributed by atoms with Gasteiger partial charge in [-0.2, -0.15) is 15.0 Å². The third-order valence-corrected chi connectivity index (χ3v) is 1.92. The summed E-state index contributed by atoms with van der Waals surface area (Å²) >= 11 is 0. The summed E-state index contributed by atoms with van der Waals surface area (Å²) in [5.41, 5.74) is 5.84. The van der Waals surface area contributed by atoms with Crippen LogP contribution in [0.1, 0.15) is 10.5 Å². The van der Waals surface area contributed by atoms with Crippen molar-refractivity contribution in [1.29, 1.82) is 5.26 Å². The van der Waals surface area contributed by atoms with Crippen molar-refractivity contribution in [3.63, 3.8) is 0 Å². The summed E-state index contributed by atoms with van der Waals surface area (Å²) in [6, 6.07) is 6.94. The van der Waals surface area contributed by atoms with Crippen LogP contribution >= 0.6 is 0 Å². The van der Waals surface area contributed by atoms with Crippen LogP contribution in [0.25, 0.3) is 10.9 Å². The quantitative estimate of drug-likeness (QED) is 0.702. The lowest BCUT2D eigenvalue weighted by atomic mass is 10.2. The second-order valence-electron chi connectivity index (χ2n) is 2.74.